The number of nitrogens with zero attached hydrogens (tertiary/aromatic N) is 2. The predicted molar refractivity (Wildman–Crippen MR) is 73.4 cm³/mol. The maximum atomic E-state index is 5.71. The molecule has 0 amide bonds. The van der Waals surface area contributed by atoms with Gasteiger partial charge in [-0.15, -0.1) is 10.2 Å². The molecule has 0 spiro atoms. The molecule has 6 heteroatoms. The summed E-state index contributed by atoms with van der Waals surface area (Å²) in [7, 11) is 0. The molecule has 0 atom stereocenters. The van der Waals surface area contributed by atoms with Crippen LogP contribution in [0.5, 0.6) is 5.75 Å². The van der Waals surface area contributed by atoms with Gasteiger partial charge in [0.25, 0.3) is 0 Å². The molecule has 0 fully saturated rings. The third-order valence-corrected chi connectivity index (χ3v) is 3.11. The SMILES string of the molecule is CCOc1ccc(Nc2nnc(C)s2)cc1CN. The lowest BCUT2D eigenvalue weighted by molar-refractivity contribution is 0.336. The van der Waals surface area contributed by atoms with Gasteiger partial charge in [-0.1, -0.05) is 11.3 Å². The average Bonchev–Trinajstić information content (AvgIpc) is 2.77. The summed E-state index contributed by atoms with van der Waals surface area (Å²) in [5, 5.41) is 12.9. The molecule has 1 aromatic heterocycles. The van der Waals surface area contributed by atoms with Crippen molar-refractivity contribution in [1.82, 2.24) is 10.2 Å². The Kier molecular flexibility index (Phi) is 4.11. The van der Waals surface area contributed by atoms with Crippen molar-refractivity contribution in [3.8, 4) is 5.75 Å². The summed E-state index contributed by atoms with van der Waals surface area (Å²) in [5.41, 5.74) is 7.63. The van der Waals surface area contributed by atoms with Crippen LogP contribution in [-0.2, 0) is 6.54 Å². The Morgan fingerprint density at radius 3 is 2.83 bits per heavy atom. The zero-order chi connectivity index (χ0) is 13.0. The molecule has 2 aromatic rings. The number of ether oxygens (including phenoxy) is 1. The first-order valence-corrected chi connectivity index (χ1v) is 6.57. The molecular weight excluding hydrogens is 248 g/mol. The van der Waals surface area contributed by atoms with Crippen LogP contribution in [0.25, 0.3) is 0 Å². The molecule has 0 radical (unpaired) electrons. The Morgan fingerprint density at radius 2 is 2.22 bits per heavy atom. The highest BCUT2D eigenvalue weighted by Crippen LogP contribution is 2.26. The minimum atomic E-state index is 0.444. The molecule has 1 heterocycles. The number of hydrogen-bond donors (Lipinski definition) is 2. The number of rotatable bonds is 5. The van der Waals surface area contributed by atoms with Gasteiger partial charge in [-0.05, 0) is 32.0 Å². The summed E-state index contributed by atoms with van der Waals surface area (Å²) in [6.45, 7) is 4.96. The second-order valence-corrected chi connectivity index (χ2v) is 4.89. The number of hydrogen-bond acceptors (Lipinski definition) is 6. The summed E-state index contributed by atoms with van der Waals surface area (Å²) in [6, 6.07) is 5.84. The quantitative estimate of drug-likeness (QED) is 0.867. The monoisotopic (exact) mass is 264 g/mol. The van der Waals surface area contributed by atoms with E-state index in [1.807, 2.05) is 32.0 Å². The fraction of sp³-hybridized carbons (Fsp3) is 0.333. The topological polar surface area (TPSA) is 73.1 Å². The number of nitrogens with two attached hydrogens (primary N) is 1. The number of nitrogens with one attached hydrogen (secondary N) is 1. The Balaban J connectivity index is 2.19. The van der Waals surface area contributed by atoms with E-state index >= 15 is 0 Å². The van der Waals surface area contributed by atoms with Crippen molar-refractivity contribution < 1.29 is 4.74 Å². The fourth-order valence-corrected chi connectivity index (χ4v) is 2.20. The second-order valence-electron chi connectivity index (χ2n) is 3.71. The van der Waals surface area contributed by atoms with Gasteiger partial charge in [0.15, 0.2) is 0 Å². The molecule has 0 saturated heterocycles. The van der Waals surface area contributed by atoms with Crippen molar-refractivity contribution in [3.05, 3.63) is 28.8 Å². The normalized spacial score (nSPS) is 10.4. The van der Waals surface area contributed by atoms with Gasteiger partial charge in [0.05, 0.1) is 6.61 Å². The molecule has 0 bridgehead atoms. The molecule has 0 saturated carbocycles. The van der Waals surface area contributed by atoms with Crippen molar-refractivity contribution in [2.45, 2.75) is 20.4 Å². The Labute approximate surface area is 110 Å². The van der Waals surface area contributed by atoms with E-state index in [-0.39, 0.29) is 0 Å². The lowest BCUT2D eigenvalue weighted by atomic mass is 10.2. The first-order valence-electron chi connectivity index (χ1n) is 5.76. The number of aryl methyl sites for hydroxylation is 1. The van der Waals surface area contributed by atoms with Crippen LogP contribution in [0.3, 0.4) is 0 Å². The summed E-state index contributed by atoms with van der Waals surface area (Å²) in [5.74, 6) is 0.832. The smallest absolute Gasteiger partial charge is 0.210 e. The van der Waals surface area contributed by atoms with E-state index in [2.05, 4.69) is 15.5 Å². The van der Waals surface area contributed by atoms with Crippen LogP contribution in [0.1, 0.15) is 17.5 Å². The Hall–Kier alpha value is -1.66. The molecule has 1 aromatic carbocycles. The molecule has 96 valence electrons. The molecule has 3 N–H and O–H groups in total. The number of benzene rings is 1. The van der Waals surface area contributed by atoms with E-state index in [9.17, 15) is 0 Å². The number of anilines is 2. The highest BCUT2D eigenvalue weighted by Gasteiger charge is 2.05. The van der Waals surface area contributed by atoms with Gasteiger partial charge in [0.2, 0.25) is 5.13 Å². The predicted octanol–water partition coefficient (Wildman–Crippen LogP) is 2.45. The zero-order valence-corrected chi connectivity index (χ0v) is 11.3. The van der Waals surface area contributed by atoms with Gasteiger partial charge in [0.1, 0.15) is 10.8 Å². The highest BCUT2D eigenvalue weighted by molar-refractivity contribution is 7.15. The Morgan fingerprint density at radius 1 is 1.39 bits per heavy atom. The second kappa shape index (κ2) is 5.79. The van der Waals surface area contributed by atoms with E-state index in [1.165, 1.54) is 11.3 Å². The summed E-state index contributed by atoms with van der Waals surface area (Å²) in [4.78, 5) is 0. The van der Waals surface area contributed by atoms with Gasteiger partial charge < -0.3 is 15.8 Å². The van der Waals surface area contributed by atoms with Crippen LogP contribution >= 0.6 is 11.3 Å². The summed E-state index contributed by atoms with van der Waals surface area (Å²) in [6.07, 6.45) is 0. The minimum Gasteiger partial charge on any atom is -0.494 e. The number of aromatic nitrogens is 2. The third kappa shape index (κ3) is 2.96. The standard InChI is InChI=1S/C12H16N4OS/c1-3-17-11-5-4-10(6-9(11)7-13)14-12-16-15-8(2)18-12/h4-6H,3,7,13H2,1-2H3,(H,14,16). The van der Waals surface area contributed by atoms with Crippen molar-refractivity contribution in [2.24, 2.45) is 5.73 Å². The molecule has 5 nitrogen and oxygen atoms in total. The van der Waals surface area contributed by atoms with Crippen molar-refractivity contribution in [1.29, 1.82) is 0 Å². The van der Waals surface area contributed by atoms with Crippen molar-refractivity contribution >= 4 is 22.2 Å². The fourth-order valence-electron chi connectivity index (χ4n) is 1.58. The van der Waals surface area contributed by atoms with E-state index in [4.69, 9.17) is 10.5 Å². The van der Waals surface area contributed by atoms with Crippen LogP contribution in [0.4, 0.5) is 10.8 Å². The minimum absolute atomic E-state index is 0.444. The maximum absolute atomic E-state index is 5.71. The highest BCUT2D eigenvalue weighted by atomic mass is 32.1. The molecule has 0 aliphatic rings. The van der Waals surface area contributed by atoms with Crippen LogP contribution in [0.15, 0.2) is 18.2 Å². The third-order valence-electron chi connectivity index (χ3n) is 2.36. The van der Waals surface area contributed by atoms with Crippen molar-refractivity contribution in [3.63, 3.8) is 0 Å². The summed E-state index contributed by atoms with van der Waals surface area (Å²) < 4.78 is 5.50. The van der Waals surface area contributed by atoms with Gasteiger partial charge in [-0.2, -0.15) is 0 Å². The van der Waals surface area contributed by atoms with Gasteiger partial charge in [0, 0.05) is 17.8 Å². The van der Waals surface area contributed by atoms with Crippen LogP contribution in [-0.4, -0.2) is 16.8 Å². The first kappa shape index (κ1) is 12.8. The largest absolute Gasteiger partial charge is 0.494 e. The van der Waals surface area contributed by atoms with E-state index in [0.717, 1.165) is 27.1 Å². The van der Waals surface area contributed by atoms with Gasteiger partial charge >= 0.3 is 0 Å². The molecule has 0 unspecified atom stereocenters. The molecule has 18 heavy (non-hydrogen) atoms. The van der Waals surface area contributed by atoms with Crippen LogP contribution in [0, 0.1) is 6.92 Å². The van der Waals surface area contributed by atoms with E-state index < -0.39 is 0 Å². The summed E-state index contributed by atoms with van der Waals surface area (Å²) >= 11 is 1.51. The van der Waals surface area contributed by atoms with Crippen LogP contribution < -0.4 is 15.8 Å². The zero-order valence-electron chi connectivity index (χ0n) is 10.4. The maximum Gasteiger partial charge on any atom is 0.210 e. The molecule has 2 rings (SSSR count). The molecular formula is C12H16N4OS. The molecule has 0 aliphatic carbocycles. The van der Waals surface area contributed by atoms with Gasteiger partial charge in [-0.25, -0.2) is 0 Å². The van der Waals surface area contributed by atoms with Crippen LogP contribution in [0.2, 0.25) is 0 Å². The Bertz CT molecular complexity index is 527. The van der Waals surface area contributed by atoms with E-state index in [0.29, 0.717) is 13.2 Å². The average molecular weight is 264 g/mol. The molecule has 0 aliphatic heterocycles. The van der Waals surface area contributed by atoms with E-state index in [1.54, 1.807) is 0 Å². The first-order chi connectivity index (χ1) is 8.72. The van der Waals surface area contributed by atoms with Gasteiger partial charge in [-0.3, -0.25) is 0 Å². The lowest BCUT2D eigenvalue weighted by Gasteiger charge is -2.10. The van der Waals surface area contributed by atoms with Crippen molar-refractivity contribution in [2.75, 3.05) is 11.9 Å². The lowest BCUT2D eigenvalue weighted by Crippen LogP contribution is -2.03.